The van der Waals surface area contributed by atoms with Gasteiger partial charge < -0.3 is 10.2 Å². The second kappa shape index (κ2) is 8.19. The van der Waals surface area contributed by atoms with Crippen LogP contribution in [0.5, 0.6) is 0 Å². The van der Waals surface area contributed by atoms with Crippen molar-refractivity contribution < 1.29 is 0 Å². The molecule has 136 valence electrons. The van der Waals surface area contributed by atoms with E-state index in [2.05, 4.69) is 97.4 Å². The molecule has 0 saturated carbocycles. The third-order valence-corrected chi connectivity index (χ3v) is 4.35. The SMILES string of the molecule is CC(C)NCCn1nc(-c2ccccc2)c(N(C)C)c1-c1ccccc1. The van der Waals surface area contributed by atoms with Crippen LogP contribution in [0.2, 0.25) is 0 Å². The number of benzene rings is 2. The van der Waals surface area contributed by atoms with Crippen LogP contribution in [0.3, 0.4) is 0 Å². The summed E-state index contributed by atoms with van der Waals surface area (Å²) in [6.45, 7) is 6.06. The minimum atomic E-state index is 0.465. The fraction of sp³-hybridized carbons (Fsp3) is 0.318. The van der Waals surface area contributed by atoms with E-state index in [0.717, 1.165) is 30.0 Å². The highest BCUT2D eigenvalue weighted by Gasteiger charge is 2.21. The number of hydrogen-bond acceptors (Lipinski definition) is 3. The van der Waals surface area contributed by atoms with Gasteiger partial charge in [-0.25, -0.2) is 0 Å². The van der Waals surface area contributed by atoms with Crippen LogP contribution in [-0.4, -0.2) is 36.5 Å². The molecule has 0 unspecified atom stereocenters. The zero-order valence-corrected chi connectivity index (χ0v) is 16.1. The van der Waals surface area contributed by atoms with Crippen molar-refractivity contribution in [2.24, 2.45) is 0 Å². The molecular formula is C22H28N4. The van der Waals surface area contributed by atoms with Crippen LogP contribution in [0.25, 0.3) is 22.5 Å². The Kier molecular flexibility index (Phi) is 5.74. The third-order valence-electron chi connectivity index (χ3n) is 4.35. The van der Waals surface area contributed by atoms with E-state index in [4.69, 9.17) is 5.10 Å². The first kappa shape index (κ1) is 18.2. The molecule has 0 aliphatic carbocycles. The summed E-state index contributed by atoms with van der Waals surface area (Å²) in [6, 6.07) is 21.4. The largest absolute Gasteiger partial charge is 0.374 e. The van der Waals surface area contributed by atoms with Gasteiger partial charge in [0, 0.05) is 37.8 Å². The lowest BCUT2D eigenvalue weighted by Crippen LogP contribution is -2.27. The molecule has 0 saturated heterocycles. The number of rotatable bonds is 7. The van der Waals surface area contributed by atoms with Crippen molar-refractivity contribution >= 4 is 5.69 Å². The quantitative estimate of drug-likeness (QED) is 0.692. The van der Waals surface area contributed by atoms with Crippen LogP contribution < -0.4 is 10.2 Å². The van der Waals surface area contributed by atoms with E-state index in [0.29, 0.717) is 6.04 Å². The summed E-state index contributed by atoms with van der Waals surface area (Å²) in [7, 11) is 4.18. The summed E-state index contributed by atoms with van der Waals surface area (Å²) in [5.41, 5.74) is 5.69. The molecule has 4 heteroatoms. The maximum Gasteiger partial charge on any atom is 0.116 e. The third kappa shape index (κ3) is 3.97. The molecule has 0 spiro atoms. The van der Waals surface area contributed by atoms with Gasteiger partial charge in [0.2, 0.25) is 0 Å². The highest BCUT2D eigenvalue weighted by Crippen LogP contribution is 2.38. The van der Waals surface area contributed by atoms with E-state index >= 15 is 0 Å². The second-order valence-electron chi connectivity index (χ2n) is 7.00. The molecule has 2 aromatic carbocycles. The standard InChI is InChI=1S/C22H28N4/c1-17(2)23-15-16-26-21(19-13-9-6-10-14-19)22(25(3)4)20(24-26)18-11-7-5-8-12-18/h5-14,17,23H,15-16H2,1-4H3. The Morgan fingerprint density at radius 3 is 2.04 bits per heavy atom. The predicted molar refractivity (Wildman–Crippen MR) is 111 cm³/mol. The van der Waals surface area contributed by atoms with Gasteiger partial charge in [0.1, 0.15) is 5.69 Å². The summed E-state index contributed by atoms with van der Waals surface area (Å²) >= 11 is 0. The van der Waals surface area contributed by atoms with Crippen LogP contribution in [-0.2, 0) is 6.54 Å². The summed E-state index contributed by atoms with van der Waals surface area (Å²) < 4.78 is 2.14. The number of nitrogens with one attached hydrogen (secondary N) is 1. The molecular weight excluding hydrogens is 320 g/mol. The van der Waals surface area contributed by atoms with Crippen molar-refractivity contribution in [1.82, 2.24) is 15.1 Å². The van der Waals surface area contributed by atoms with Gasteiger partial charge in [-0.1, -0.05) is 74.5 Å². The Morgan fingerprint density at radius 1 is 0.923 bits per heavy atom. The molecule has 0 fully saturated rings. The lowest BCUT2D eigenvalue weighted by Gasteiger charge is -2.17. The number of aromatic nitrogens is 2. The van der Waals surface area contributed by atoms with E-state index in [1.165, 1.54) is 11.3 Å². The first-order valence-corrected chi connectivity index (χ1v) is 9.20. The smallest absolute Gasteiger partial charge is 0.116 e. The molecule has 3 aromatic rings. The molecule has 0 aliphatic rings. The fourth-order valence-electron chi connectivity index (χ4n) is 3.17. The van der Waals surface area contributed by atoms with E-state index in [1.54, 1.807) is 0 Å². The monoisotopic (exact) mass is 348 g/mol. The maximum absolute atomic E-state index is 5.01. The number of hydrogen-bond donors (Lipinski definition) is 1. The molecule has 0 bridgehead atoms. The Morgan fingerprint density at radius 2 is 1.50 bits per heavy atom. The van der Waals surface area contributed by atoms with Crippen molar-refractivity contribution in [3.63, 3.8) is 0 Å². The van der Waals surface area contributed by atoms with Crippen molar-refractivity contribution in [1.29, 1.82) is 0 Å². The van der Waals surface area contributed by atoms with Crippen molar-refractivity contribution in [2.45, 2.75) is 26.4 Å². The number of anilines is 1. The number of nitrogens with zero attached hydrogens (tertiary/aromatic N) is 3. The first-order chi connectivity index (χ1) is 12.6. The zero-order valence-electron chi connectivity index (χ0n) is 16.1. The summed E-state index contributed by atoms with van der Waals surface area (Å²) in [5, 5.41) is 8.51. The van der Waals surface area contributed by atoms with Gasteiger partial charge >= 0.3 is 0 Å². The molecule has 26 heavy (non-hydrogen) atoms. The second-order valence-corrected chi connectivity index (χ2v) is 7.00. The van der Waals surface area contributed by atoms with Gasteiger partial charge in [0.05, 0.1) is 17.9 Å². The summed E-state index contributed by atoms with van der Waals surface area (Å²) in [5.74, 6) is 0. The molecule has 1 heterocycles. The van der Waals surface area contributed by atoms with Crippen LogP contribution in [0.4, 0.5) is 5.69 Å². The molecule has 3 rings (SSSR count). The molecule has 1 N–H and O–H groups in total. The fourth-order valence-corrected chi connectivity index (χ4v) is 3.17. The van der Waals surface area contributed by atoms with Gasteiger partial charge in [-0.2, -0.15) is 5.10 Å². The molecule has 4 nitrogen and oxygen atoms in total. The normalized spacial score (nSPS) is 11.1. The van der Waals surface area contributed by atoms with Gasteiger partial charge in [-0.05, 0) is 0 Å². The minimum Gasteiger partial charge on any atom is -0.374 e. The Hall–Kier alpha value is -2.59. The van der Waals surface area contributed by atoms with Gasteiger partial charge in [0.25, 0.3) is 0 Å². The van der Waals surface area contributed by atoms with Crippen LogP contribution in [0.1, 0.15) is 13.8 Å². The van der Waals surface area contributed by atoms with Crippen LogP contribution >= 0.6 is 0 Å². The lowest BCUT2D eigenvalue weighted by molar-refractivity contribution is 0.519. The summed E-state index contributed by atoms with van der Waals surface area (Å²) in [4.78, 5) is 2.17. The Bertz CT molecular complexity index is 820. The van der Waals surface area contributed by atoms with E-state index in [9.17, 15) is 0 Å². The highest BCUT2D eigenvalue weighted by atomic mass is 15.3. The molecule has 1 aromatic heterocycles. The average molecular weight is 348 g/mol. The predicted octanol–water partition coefficient (Wildman–Crippen LogP) is 4.28. The Labute approximate surface area is 156 Å². The van der Waals surface area contributed by atoms with Crippen molar-refractivity contribution in [3.8, 4) is 22.5 Å². The van der Waals surface area contributed by atoms with Crippen molar-refractivity contribution in [2.75, 3.05) is 25.5 Å². The maximum atomic E-state index is 5.01. The van der Waals surface area contributed by atoms with Crippen molar-refractivity contribution in [3.05, 3.63) is 60.7 Å². The van der Waals surface area contributed by atoms with Gasteiger partial charge in [-0.15, -0.1) is 0 Å². The van der Waals surface area contributed by atoms with E-state index in [1.807, 2.05) is 6.07 Å². The van der Waals surface area contributed by atoms with E-state index in [-0.39, 0.29) is 0 Å². The lowest BCUT2D eigenvalue weighted by atomic mass is 10.1. The molecule has 0 atom stereocenters. The topological polar surface area (TPSA) is 33.1 Å². The Balaban J connectivity index is 2.13. The average Bonchev–Trinajstić information content (AvgIpc) is 3.02. The van der Waals surface area contributed by atoms with Crippen LogP contribution in [0.15, 0.2) is 60.7 Å². The van der Waals surface area contributed by atoms with Gasteiger partial charge in [0.15, 0.2) is 0 Å². The molecule has 0 amide bonds. The first-order valence-electron chi connectivity index (χ1n) is 9.20. The highest BCUT2D eigenvalue weighted by molar-refractivity contribution is 5.87. The van der Waals surface area contributed by atoms with Crippen LogP contribution in [0, 0.1) is 0 Å². The zero-order chi connectivity index (χ0) is 18.5. The van der Waals surface area contributed by atoms with E-state index < -0.39 is 0 Å². The molecule has 0 radical (unpaired) electrons. The van der Waals surface area contributed by atoms with Gasteiger partial charge in [-0.3, -0.25) is 4.68 Å². The summed E-state index contributed by atoms with van der Waals surface area (Å²) in [6.07, 6.45) is 0. The minimum absolute atomic E-state index is 0.465. The molecule has 0 aliphatic heterocycles.